The fourth-order valence-corrected chi connectivity index (χ4v) is 1.07. The normalized spacial score (nSPS) is 12.6. The molecule has 0 radical (unpaired) electrons. The molecule has 4 N–H and O–H groups in total. The second-order valence-electron chi connectivity index (χ2n) is 3.46. The number of aromatic nitrogens is 1. The molecule has 0 unspecified atom stereocenters. The lowest BCUT2D eigenvalue weighted by atomic mass is 10.1. The number of pyridine rings is 1. The summed E-state index contributed by atoms with van der Waals surface area (Å²) in [7, 11) is 0. The predicted molar refractivity (Wildman–Crippen MR) is 64.4 cm³/mol. The summed E-state index contributed by atoms with van der Waals surface area (Å²) in [6.07, 6.45) is 4.91. The second kappa shape index (κ2) is 5.14. The fraction of sp³-hybridized carbons (Fsp3) is 0.273. The zero-order chi connectivity index (χ0) is 11.3. The lowest BCUT2D eigenvalue weighted by Gasteiger charge is -2.02. The Hall–Kier alpha value is -1.84. The molecular weight excluding hydrogens is 188 g/mol. The highest BCUT2D eigenvalue weighted by molar-refractivity contribution is 6.09. The van der Waals surface area contributed by atoms with E-state index >= 15 is 0 Å². The predicted octanol–water partition coefficient (Wildman–Crippen LogP) is 1.44. The number of rotatable bonds is 3. The van der Waals surface area contributed by atoms with Crippen LogP contribution in [-0.4, -0.2) is 17.2 Å². The van der Waals surface area contributed by atoms with Gasteiger partial charge in [-0.05, 0) is 31.5 Å². The van der Waals surface area contributed by atoms with E-state index in [1.165, 1.54) is 6.20 Å². The minimum Gasteiger partial charge on any atom is -0.404 e. The molecule has 4 heteroatoms. The number of hydrogen-bond acceptors (Lipinski definition) is 4. The van der Waals surface area contributed by atoms with Crippen LogP contribution in [0.4, 0.5) is 5.82 Å². The van der Waals surface area contributed by atoms with E-state index in [4.69, 9.17) is 11.5 Å². The van der Waals surface area contributed by atoms with Crippen LogP contribution >= 0.6 is 0 Å². The van der Waals surface area contributed by atoms with Crippen LogP contribution in [-0.2, 0) is 0 Å². The molecule has 0 spiro atoms. The summed E-state index contributed by atoms with van der Waals surface area (Å²) in [6, 6.07) is 3.87. The van der Waals surface area contributed by atoms with Gasteiger partial charge >= 0.3 is 0 Å². The third kappa shape index (κ3) is 3.42. The first-order valence-electron chi connectivity index (χ1n) is 4.80. The first kappa shape index (κ1) is 11.2. The molecule has 4 nitrogen and oxygen atoms in total. The quantitative estimate of drug-likeness (QED) is 0.731. The second-order valence-corrected chi connectivity index (χ2v) is 3.46. The van der Waals surface area contributed by atoms with Crippen molar-refractivity contribution in [2.45, 2.75) is 19.9 Å². The Bertz CT molecular complexity index is 380. The van der Waals surface area contributed by atoms with Gasteiger partial charge in [-0.25, -0.2) is 4.98 Å². The Morgan fingerprint density at radius 2 is 2.27 bits per heavy atom. The average Bonchev–Trinajstić information content (AvgIpc) is 2.18. The molecule has 0 atom stereocenters. The molecule has 0 aliphatic carbocycles. The maximum atomic E-state index is 5.58. The highest BCUT2D eigenvalue weighted by atomic mass is 14.8. The Kier molecular flexibility index (Phi) is 3.85. The van der Waals surface area contributed by atoms with Crippen LogP contribution in [0, 0.1) is 0 Å². The minimum atomic E-state index is 0.249. The van der Waals surface area contributed by atoms with Gasteiger partial charge in [-0.15, -0.1) is 0 Å². The van der Waals surface area contributed by atoms with Crippen LogP contribution < -0.4 is 11.5 Å². The van der Waals surface area contributed by atoms with Crippen molar-refractivity contribution in [3.63, 3.8) is 0 Å². The van der Waals surface area contributed by atoms with Crippen molar-refractivity contribution >= 4 is 17.6 Å². The van der Waals surface area contributed by atoms with E-state index in [-0.39, 0.29) is 6.04 Å². The van der Waals surface area contributed by atoms with Crippen molar-refractivity contribution in [3.05, 3.63) is 30.1 Å². The molecule has 0 bridgehead atoms. The number of aliphatic imine (C=N–C) groups is 1. The fourth-order valence-electron chi connectivity index (χ4n) is 1.07. The zero-order valence-electron chi connectivity index (χ0n) is 9.01. The van der Waals surface area contributed by atoms with E-state index < -0.39 is 0 Å². The largest absolute Gasteiger partial charge is 0.404 e. The third-order valence-corrected chi connectivity index (χ3v) is 1.81. The molecule has 0 saturated heterocycles. The Morgan fingerprint density at radius 3 is 2.80 bits per heavy atom. The number of nitrogens with two attached hydrogens (primary N) is 2. The molecule has 80 valence electrons. The molecular formula is C11H16N4. The van der Waals surface area contributed by atoms with Crippen LogP contribution in [0.3, 0.4) is 0 Å². The van der Waals surface area contributed by atoms with Gasteiger partial charge in [0.15, 0.2) is 0 Å². The molecule has 1 heterocycles. The smallest absolute Gasteiger partial charge is 0.123 e. The summed E-state index contributed by atoms with van der Waals surface area (Å²) < 4.78 is 0. The molecule has 1 rings (SSSR count). The standard InChI is InChI=1S/C11H16N4/c1-8(2)15-7-10(6-12)9-3-4-14-11(13)5-9/h3-8H,12H2,1-2H3,(H2,13,14). The van der Waals surface area contributed by atoms with Crippen molar-refractivity contribution < 1.29 is 0 Å². The van der Waals surface area contributed by atoms with E-state index in [0.717, 1.165) is 11.1 Å². The van der Waals surface area contributed by atoms with E-state index in [9.17, 15) is 0 Å². The number of nitrogen functional groups attached to an aromatic ring is 1. The van der Waals surface area contributed by atoms with Crippen LogP contribution in [0.15, 0.2) is 29.5 Å². The molecule has 0 aromatic carbocycles. The molecule has 1 aromatic rings. The van der Waals surface area contributed by atoms with Crippen molar-refractivity contribution in [1.29, 1.82) is 0 Å². The van der Waals surface area contributed by atoms with Gasteiger partial charge in [-0.3, -0.25) is 4.99 Å². The van der Waals surface area contributed by atoms with Crippen LogP contribution in [0.1, 0.15) is 19.4 Å². The van der Waals surface area contributed by atoms with Crippen LogP contribution in [0.25, 0.3) is 5.57 Å². The van der Waals surface area contributed by atoms with Gasteiger partial charge in [0.2, 0.25) is 0 Å². The number of anilines is 1. The number of hydrogen-bond donors (Lipinski definition) is 2. The van der Waals surface area contributed by atoms with Gasteiger partial charge in [0, 0.05) is 30.2 Å². The van der Waals surface area contributed by atoms with Crippen molar-refractivity contribution in [2.24, 2.45) is 10.7 Å². The summed E-state index contributed by atoms with van der Waals surface area (Å²) in [5, 5.41) is 0. The number of allylic oxidation sites excluding steroid dienone is 1. The molecule has 1 aromatic heterocycles. The van der Waals surface area contributed by atoms with Gasteiger partial charge < -0.3 is 11.5 Å². The Morgan fingerprint density at radius 1 is 1.53 bits per heavy atom. The topological polar surface area (TPSA) is 77.3 Å². The lowest BCUT2D eigenvalue weighted by molar-refractivity contribution is 0.842. The molecule has 0 saturated carbocycles. The van der Waals surface area contributed by atoms with Crippen molar-refractivity contribution in [2.75, 3.05) is 5.73 Å². The summed E-state index contributed by atoms with van der Waals surface area (Å²) in [6.45, 7) is 4.01. The summed E-state index contributed by atoms with van der Waals surface area (Å²) in [4.78, 5) is 8.18. The van der Waals surface area contributed by atoms with Crippen molar-refractivity contribution in [3.8, 4) is 0 Å². The summed E-state index contributed by atoms with van der Waals surface area (Å²) in [5.74, 6) is 0.477. The van der Waals surface area contributed by atoms with Gasteiger partial charge in [-0.2, -0.15) is 0 Å². The molecule has 0 aliphatic heterocycles. The van der Waals surface area contributed by atoms with Crippen LogP contribution in [0.2, 0.25) is 0 Å². The van der Waals surface area contributed by atoms with Gasteiger partial charge in [-0.1, -0.05) is 0 Å². The highest BCUT2D eigenvalue weighted by Gasteiger charge is 1.99. The Labute approximate surface area is 89.7 Å². The molecule has 0 fully saturated rings. The minimum absolute atomic E-state index is 0.249. The summed E-state index contributed by atoms with van der Waals surface area (Å²) in [5.41, 5.74) is 12.9. The first-order chi connectivity index (χ1) is 7.13. The van der Waals surface area contributed by atoms with Crippen molar-refractivity contribution in [1.82, 2.24) is 4.98 Å². The van der Waals surface area contributed by atoms with E-state index in [1.807, 2.05) is 19.9 Å². The van der Waals surface area contributed by atoms with E-state index in [0.29, 0.717) is 5.82 Å². The monoisotopic (exact) mass is 204 g/mol. The molecule has 0 aliphatic rings. The van der Waals surface area contributed by atoms with Gasteiger partial charge in [0.1, 0.15) is 5.82 Å². The molecule has 0 amide bonds. The lowest BCUT2D eigenvalue weighted by Crippen LogP contribution is -1.97. The highest BCUT2D eigenvalue weighted by Crippen LogP contribution is 2.12. The SMILES string of the molecule is CC(C)N=CC(=CN)c1ccnc(N)c1. The Balaban J connectivity index is 2.94. The molecule has 15 heavy (non-hydrogen) atoms. The maximum Gasteiger partial charge on any atom is 0.123 e. The van der Waals surface area contributed by atoms with Gasteiger partial charge in [0.25, 0.3) is 0 Å². The third-order valence-electron chi connectivity index (χ3n) is 1.81. The summed E-state index contributed by atoms with van der Waals surface area (Å²) >= 11 is 0. The average molecular weight is 204 g/mol. The van der Waals surface area contributed by atoms with E-state index in [2.05, 4.69) is 9.98 Å². The first-order valence-corrected chi connectivity index (χ1v) is 4.80. The zero-order valence-corrected chi connectivity index (χ0v) is 9.01. The van der Waals surface area contributed by atoms with E-state index in [1.54, 1.807) is 18.5 Å². The maximum absolute atomic E-state index is 5.58. The number of nitrogens with zero attached hydrogens (tertiary/aromatic N) is 2. The van der Waals surface area contributed by atoms with Gasteiger partial charge in [0.05, 0.1) is 0 Å². The van der Waals surface area contributed by atoms with Crippen LogP contribution in [0.5, 0.6) is 0 Å².